The molecule has 3 N–H and O–H groups in total. The van der Waals surface area contributed by atoms with Crippen LogP contribution < -0.4 is 11.2 Å². The van der Waals surface area contributed by atoms with E-state index in [4.69, 9.17) is 14.6 Å². The summed E-state index contributed by atoms with van der Waals surface area (Å²) in [4.78, 5) is 25.3. The summed E-state index contributed by atoms with van der Waals surface area (Å²) in [6, 6.07) is 1.24. The number of aliphatic hydroxyl groups excluding tert-OH is 2. The third-order valence-corrected chi connectivity index (χ3v) is 4.05. The summed E-state index contributed by atoms with van der Waals surface area (Å²) in [6.45, 7) is 1.60. The Labute approximate surface area is 127 Å². The highest BCUT2D eigenvalue weighted by Crippen LogP contribution is 2.39. The maximum atomic E-state index is 12.0. The number of hydrogen-bond donors (Lipinski definition) is 3. The highest BCUT2D eigenvalue weighted by molar-refractivity contribution is 4.94. The Bertz CT molecular complexity index is 597. The molecule has 1 fully saturated rings. The van der Waals surface area contributed by atoms with E-state index >= 15 is 0 Å². The van der Waals surface area contributed by atoms with Gasteiger partial charge >= 0.3 is 5.69 Å². The van der Waals surface area contributed by atoms with E-state index in [1.54, 1.807) is 0 Å². The van der Waals surface area contributed by atoms with Crippen LogP contribution in [-0.4, -0.2) is 51.8 Å². The predicted molar refractivity (Wildman–Crippen MR) is 77.5 cm³/mol. The molecule has 1 aromatic rings. The zero-order valence-electron chi connectivity index (χ0n) is 12.6. The van der Waals surface area contributed by atoms with Crippen molar-refractivity contribution >= 4 is 0 Å². The fourth-order valence-electron chi connectivity index (χ4n) is 3.00. The summed E-state index contributed by atoms with van der Waals surface area (Å²) in [5.74, 6) is -0.166. The first-order chi connectivity index (χ1) is 10.5. The zero-order valence-corrected chi connectivity index (χ0v) is 12.6. The normalized spacial score (nSPS) is 29.6. The van der Waals surface area contributed by atoms with Crippen molar-refractivity contribution in [2.75, 3.05) is 13.7 Å². The molecule has 8 heteroatoms. The van der Waals surface area contributed by atoms with Gasteiger partial charge in [-0.25, -0.2) is 4.79 Å². The number of aromatic amines is 1. The Morgan fingerprint density at radius 2 is 2.23 bits per heavy atom. The molecular weight excluding hydrogens is 292 g/mol. The van der Waals surface area contributed by atoms with Crippen molar-refractivity contribution in [3.8, 4) is 0 Å². The number of rotatable bonds is 6. The summed E-state index contributed by atoms with van der Waals surface area (Å²) in [5, 5.41) is 18.8. The van der Waals surface area contributed by atoms with Gasteiger partial charge in [-0.05, 0) is 12.8 Å². The smallest absolute Gasteiger partial charge is 0.330 e. The van der Waals surface area contributed by atoms with E-state index in [2.05, 4.69) is 4.98 Å². The Balaban J connectivity index is 2.32. The van der Waals surface area contributed by atoms with Crippen LogP contribution in [0.1, 0.15) is 26.0 Å². The predicted octanol–water partition coefficient (Wildman–Crippen LogP) is -0.781. The Hall–Kier alpha value is -1.48. The maximum absolute atomic E-state index is 12.0. The molecule has 0 saturated carbocycles. The fraction of sp³-hybridized carbons (Fsp3) is 0.714. The first-order valence-electron chi connectivity index (χ1n) is 7.30. The first kappa shape index (κ1) is 16.9. The first-order valence-corrected chi connectivity index (χ1v) is 7.30. The number of H-pyrrole nitrogens is 1. The van der Waals surface area contributed by atoms with Crippen molar-refractivity contribution in [1.82, 2.24) is 9.55 Å². The van der Waals surface area contributed by atoms with Gasteiger partial charge < -0.3 is 19.7 Å². The molecule has 5 atom stereocenters. The number of nitrogens with zero attached hydrogens (tertiary/aromatic N) is 1. The molecular formula is C14H22N2O6. The monoisotopic (exact) mass is 314 g/mol. The molecule has 0 radical (unpaired) electrons. The van der Waals surface area contributed by atoms with Crippen molar-refractivity contribution < 1.29 is 19.7 Å². The van der Waals surface area contributed by atoms with Gasteiger partial charge in [0, 0.05) is 25.3 Å². The van der Waals surface area contributed by atoms with Crippen LogP contribution in [0.4, 0.5) is 0 Å². The van der Waals surface area contributed by atoms with Gasteiger partial charge in [0.15, 0.2) is 6.23 Å². The molecule has 22 heavy (non-hydrogen) atoms. The molecule has 0 aromatic carbocycles. The number of aliphatic hydroxyl groups is 2. The van der Waals surface area contributed by atoms with Gasteiger partial charge in [-0.2, -0.15) is 0 Å². The molecule has 0 aliphatic carbocycles. The molecule has 2 rings (SSSR count). The molecule has 1 aliphatic heterocycles. The van der Waals surface area contributed by atoms with Crippen LogP contribution in [0.25, 0.3) is 0 Å². The van der Waals surface area contributed by atoms with E-state index in [1.807, 2.05) is 6.92 Å². The summed E-state index contributed by atoms with van der Waals surface area (Å²) in [5.41, 5.74) is -1.05. The lowest BCUT2D eigenvalue weighted by atomic mass is 9.90. The van der Waals surface area contributed by atoms with Crippen molar-refractivity contribution in [2.45, 2.75) is 44.3 Å². The van der Waals surface area contributed by atoms with Gasteiger partial charge in [0.1, 0.15) is 6.10 Å². The zero-order chi connectivity index (χ0) is 16.3. The highest BCUT2D eigenvalue weighted by atomic mass is 16.6. The van der Waals surface area contributed by atoms with Gasteiger partial charge in [-0.3, -0.25) is 14.3 Å². The van der Waals surface area contributed by atoms with Crippen LogP contribution in [0.5, 0.6) is 0 Å². The second-order valence-electron chi connectivity index (χ2n) is 5.43. The Morgan fingerprint density at radius 3 is 2.77 bits per heavy atom. The lowest BCUT2D eigenvalue weighted by molar-refractivity contribution is -0.0534. The molecule has 2 heterocycles. The second-order valence-corrected chi connectivity index (χ2v) is 5.43. The third kappa shape index (κ3) is 3.30. The van der Waals surface area contributed by atoms with Crippen LogP contribution in [0, 0.1) is 5.92 Å². The fourth-order valence-corrected chi connectivity index (χ4v) is 3.00. The van der Waals surface area contributed by atoms with Crippen molar-refractivity contribution in [1.29, 1.82) is 0 Å². The molecule has 1 aromatic heterocycles. The Morgan fingerprint density at radius 1 is 1.50 bits per heavy atom. The maximum Gasteiger partial charge on any atom is 0.330 e. The van der Waals surface area contributed by atoms with Crippen LogP contribution in [0.3, 0.4) is 0 Å². The summed E-state index contributed by atoms with van der Waals surface area (Å²) in [6.07, 6.45) is 0.126. The third-order valence-electron chi connectivity index (χ3n) is 4.05. The molecule has 124 valence electrons. The minimum absolute atomic E-state index is 0.166. The van der Waals surface area contributed by atoms with Gasteiger partial charge in [-0.15, -0.1) is 0 Å². The second kappa shape index (κ2) is 7.19. The summed E-state index contributed by atoms with van der Waals surface area (Å²) < 4.78 is 12.7. The SMILES string of the molecule is CC[C@H]1O[C@@H](n2ccc(=O)[nH]c2=O)C(OC)[C@H]1CC(O)CO. The van der Waals surface area contributed by atoms with Crippen molar-refractivity contribution in [3.63, 3.8) is 0 Å². The van der Waals surface area contributed by atoms with Crippen LogP contribution >= 0.6 is 0 Å². The van der Waals surface area contributed by atoms with Crippen molar-refractivity contribution in [2.24, 2.45) is 5.92 Å². The molecule has 8 nitrogen and oxygen atoms in total. The number of ether oxygens (including phenoxy) is 2. The van der Waals surface area contributed by atoms with Crippen LogP contribution in [0.15, 0.2) is 21.9 Å². The summed E-state index contributed by atoms with van der Waals surface area (Å²) in [7, 11) is 1.51. The highest BCUT2D eigenvalue weighted by Gasteiger charge is 2.45. The van der Waals surface area contributed by atoms with E-state index in [0.29, 0.717) is 12.8 Å². The standard InChI is InChI=1S/C14H22N2O6/c1-3-10-9(6-8(18)7-17)12(21-2)13(22-10)16-5-4-11(19)15-14(16)20/h4-5,8-10,12-13,17-18H,3,6-7H2,1-2H3,(H,15,19,20)/t8?,9-,10+,12?,13+/m0/s1. The van der Waals surface area contributed by atoms with E-state index in [9.17, 15) is 14.7 Å². The minimum atomic E-state index is -0.869. The number of aromatic nitrogens is 2. The van der Waals surface area contributed by atoms with Gasteiger partial charge in [0.05, 0.1) is 18.8 Å². The topological polar surface area (TPSA) is 114 Å². The molecule has 0 bridgehead atoms. The minimum Gasteiger partial charge on any atom is -0.394 e. The largest absolute Gasteiger partial charge is 0.394 e. The molecule has 1 saturated heterocycles. The average Bonchev–Trinajstić information content (AvgIpc) is 2.84. The lowest BCUT2D eigenvalue weighted by Crippen LogP contribution is -2.37. The van der Waals surface area contributed by atoms with Crippen LogP contribution in [-0.2, 0) is 9.47 Å². The molecule has 0 spiro atoms. The van der Waals surface area contributed by atoms with E-state index in [-0.39, 0.29) is 18.6 Å². The van der Waals surface area contributed by atoms with Crippen molar-refractivity contribution in [3.05, 3.63) is 33.1 Å². The number of methoxy groups -OCH3 is 1. The molecule has 2 unspecified atom stereocenters. The van der Waals surface area contributed by atoms with Gasteiger partial charge in [0.2, 0.25) is 0 Å². The van der Waals surface area contributed by atoms with Gasteiger partial charge in [-0.1, -0.05) is 6.92 Å². The van der Waals surface area contributed by atoms with E-state index in [1.165, 1.54) is 23.9 Å². The lowest BCUT2D eigenvalue weighted by Gasteiger charge is -2.24. The number of hydrogen-bond acceptors (Lipinski definition) is 6. The summed E-state index contributed by atoms with van der Waals surface area (Å²) >= 11 is 0. The average molecular weight is 314 g/mol. The van der Waals surface area contributed by atoms with Gasteiger partial charge in [0.25, 0.3) is 5.56 Å². The van der Waals surface area contributed by atoms with E-state index in [0.717, 1.165) is 0 Å². The van der Waals surface area contributed by atoms with Crippen LogP contribution in [0.2, 0.25) is 0 Å². The van der Waals surface area contributed by atoms with E-state index < -0.39 is 29.7 Å². The molecule has 0 amide bonds. The number of nitrogens with one attached hydrogen (secondary N) is 1. The molecule has 1 aliphatic rings. The quantitative estimate of drug-likeness (QED) is 0.634. The Kier molecular flexibility index (Phi) is 5.52.